The van der Waals surface area contributed by atoms with E-state index in [1.165, 1.54) is 23.5 Å². The molecule has 0 saturated carbocycles. The Balaban J connectivity index is 2.08. The van der Waals surface area contributed by atoms with Crippen LogP contribution in [0.4, 0.5) is 10.1 Å². The third-order valence-corrected chi connectivity index (χ3v) is 3.57. The summed E-state index contributed by atoms with van der Waals surface area (Å²) < 4.78 is 18.8. The molecule has 0 bridgehead atoms. The smallest absolute Gasteiger partial charge is 0.341 e. The van der Waals surface area contributed by atoms with Gasteiger partial charge in [0.25, 0.3) is 0 Å². The Hall–Kier alpha value is -1.66. The lowest BCUT2D eigenvalue weighted by atomic mass is 10.2. The lowest BCUT2D eigenvalue weighted by Crippen LogP contribution is -2.08. The Bertz CT molecular complexity index is 618. The van der Waals surface area contributed by atoms with Crippen LogP contribution in [-0.4, -0.2) is 17.6 Å². The quantitative estimate of drug-likeness (QED) is 0.854. The number of nitrogens with one attached hydrogen (secondary N) is 1. The average molecular weight is 315 g/mol. The zero-order valence-corrected chi connectivity index (χ0v) is 12.2. The highest BCUT2D eigenvalue weighted by molar-refractivity contribution is 7.15. The number of benzene rings is 1. The maximum absolute atomic E-state index is 13.6. The summed E-state index contributed by atoms with van der Waals surface area (Å²) in [6, 6.07) is 4.21. The van der Waals surface area contributed by atoms with Gasteiger partial charge in [-0.05, 0) is 25.1 Å². The molecule has 0 aliphatic rings. The first kappa shape index (κ1) is 14.7. The molecule has 0 amide bonds. The minimum atomic E-state index is -0.672. The van der Waals surface area contributed by atoms with Gasteiger partial charge in [0.1, 0.15) is 5.82 Å². The highest BCUT2D eigenvalue weighted by Crippen LogP contribution is 2.20. The Morgan fingerprint density at radius 2 is 2.35 bits per heavy atom. The van der Waals surface area contributed by atoms with Gasteiger partial charge in [-0.2, -0.15) is 0 Å². The molecule has 0 atom stereocenters. The molecule has 2 aromatic rings. The number of carbonyl (C=O) groups is 1. The summed E-state index contributed by atoms with van der Waals surface area (Å²) in [7, 11) is 0. The standard InChI is InChI=1S/C13H12ClFN2O2S/c1-2-19-12(18)10-5-8(3-4-11(10)15)16-6-9-7-17-13(14)20-9/h3-5,7,16H,2,6H2,1H3. The molecule has 0 spiro atoms. The fourth-order valence-electron chi connectivity index (χ4n) is 1.56. The van der Waals surface area contributed by atoms with Crippen molar-refractivity contribution in [2.75, 3.05) is 11.9 Å². The van der Waals surface area contributed by atoms with Gasteiger partial charge in [0, 0.05) is 16.8 Å². The fraction of sp³-hybridized carbons (Fsp3) is 0.231. The van der Waals surface area contributed by atoms with Gasteiger partial charge in [0.15, 0.2) is 4.47 Å². The molecular weight excluding hydrogens is 303 g/mol. The number of anilines is 1. The van der Waals surface area contributed by atoms with Gasteiger partial charge >= 0.3 is 5.97 Å². The molecule has 0 radical (unpaired) electrons. The molecule has 1 aromatic heterocycles. The Labute approximate surface area is 124 Å². The van der Waals surface area contributed by atoms with E-state index < -0.39 is 11.8 Å². The van der Waals surface area contributed by atoms with Crippen LogP contribution in [-0.2, 0) is 11.3 Å². The lowest BCUT2D eigenvalue weighted by Gasteiger charge is -2.08. The van der Waals surface area contributed by atoms with Crippen LogP contribution in [0.3, 0.4) is 0 Å². The van der Waals surface area contributed by atoms with Crippen molar-refractivity contribution in [3.8, 4) is 0 Å². The second kappa shape index (κ2) is 6.67. The van der Waals surface area contributed by atoms with Gasteiger partial charge in [0.05, 0.1) is 18.7 Å². The third-order valence-electron chi connectivity index (χ3n) is 2.45. The first-order valence-electron chi connectivity index (χ1n) is 5.91. The summed E-state index contributed by atoms with van der Waals surface area (Å²) in [4.78, 5) is 16.4. The number of nitrogens with zero attached hydrogens (tertiary/aromatic N) is 1. The van der Waals surface area contributed by atoms with Gasteiger partial charge in [-0.3, -0.25) is 0 Å². The van der Waals surface area contributed by atoms with Crippen molar-refractivity contribution in [1.29, 1.82) is 0 Å². The van der Waals surface area contributed by atoms with Crippen molar-refractivity contribution in [3.63, 3.8) is 0 Å². The lowest BCUT2D eigenvalue weighted by molar-refractivity contribution is 0.0521. The van der Waals surface area contributed by atoms with E-state index in [4.69, 9.17) is 16.3 Å². The number of hydrogen-bond donors (Lipinski definition) is 1. The van der Waals surface area contributed by atoms with Crippen molar-refractivity contribution in [1.82, 2.24) is 4.98 Å². The highest BCUT2D eigenvalue weighted by Gasteiger charge is 2.13. The minimum Gasteiger partial charge on any atom is -0.462 e. The van der Waals surface area contributed by atoms with Gasteiger partial charge in [-0.1, -0.05) is 11.6 Å². The zero-order valence-electron chi connectivity index (χ0n) is 10.7. The minimum absolute atomic E-state index is 0.0841. The van der Waals surface area contributed by atoms with Crippen molar-refractivity contribution >= 4 is 34.6 Å². The van der Waals surface area contributed by atoms with Crippen LogP contribution in [0, 0.1) is 5.82 Å². The Kier molecular flexibility index (Phi) is 4.92. The zero-order chi connectivity index (χ0) is 14.5. The molecule has 0 fully saturated rings. The summed E-state index contributed by atoms with van der Waals surface area (Å²) in [5.41, 5.74) is 0.540. The predicted octanol–water partition coefficient (Wildman–Crippen LogP) is 3.72. The average Bonchev–Trinajstić information content (AvgIpc) is 2.84. The summed E-state index contributed by atoms with van der Waals surface area (Å²) in [6.45, 7) is 2.37. The Morgan fingerprint density at radius 1 is 1.55 bits per heavy atom. The number of rotatable bonds is 5. The monoisotopic (exact) mass is 314 g/mol. The maximum Gasteiger partial charge on any atom is 0.341 e. The molecule has 7 heteroatoms. The molecule has 0 aliphatic heterocycles. The molecule has 106 valence electrons. The van der Waals surface area contributed by atoms with Crippen LogP contribution >= 0.6 is 22.9 Å². The molecule has 20 heavy (non-hydrogen) atoms. The number of aromatic nitrogens is 1. The number of halogens is 2. The number of ether oxygens (including phenoxy) is 1. The highest BCUT2D eigenvalue weighted by atomic mass is 35.5. The van der Waals surface area contributed by atoms with E-state index in [2.05, 4.69) is 10.3 Å². The molecule has 1 aromatic carbocycles. The summed E-state index contributed by atoms with van der Waals surface area (Å²) in [5, 5.41) is 3.08. The first-order valence-corrected chi connectivity index (χ1v) is 7.10. The van der Waals surface area contributed by atoms with Crippen molar-refractivity contribution in [2.24, 2.45) is 0 Å². The van der Waals surface area contributed by atoms with E-state index in [1.54, 1.807) is 19.2 Å². The maximum atomic E-state index is 13.6. The van der Waals surface area contributed by atoms with Gasteiger partial charge in [-0.25, -0.2) is 14.2 Å². The molecule has 4 nitrogen and oxygen atoms in total. The van der Waals surface area contributed by atoms with E-state index in [9.17, 15) is 9.18 Å². The number of thiazole rings is 1. The van der Waals surface area contributed by atoms with E-state index in [1.807, 2.05) is 0 Å². The van der Waals surface area contributed by atoms with Crippen molar-refractivity contribution < 1.29 is 13.9 Å². The second-order valence-electron chi connectivity index (χ2n) is 3.85. The molecule has 1 N–H and O–H groups in total. The van der Waals surface area contributed by atoms with E-state index in [0.717, 1.165) is 4.88 Å². The first-order chi connectivity index (χ1) is 9.60. The normalized spacial score (nSPS) is 10.3. The summed E-state index contributed by atoms with van der Waals surface area (Å²) in [6.07, 6.45) is 1.66. The van der Waals surface area contributed by atoms with Crippen LogP contribution in [0.5, 0.6) is 0 Å². The third kappa shape index (κ3) is 3.68. The fourth-order valence-corrected chi connectivity index (χ4v) is 2.47. The predicted molar refractivity (Wildman–Crippen MR) is 76.8 cm³/mol. The summed E-state index contributed by atoms with van der Waals surface area (Å²) >= 11 is 7.09. The van der Waals surface area contributed by atoms with Crippen molar-refractivity contribution in [3.05, 3.63) is 45.1 Å². The van der Waals surface area contributed by atoms with Gasteiger partial charge < -0.3 is 10.1 Å². The number of hydrogen-bond acceptors (Lipinski definition) is 5. The van der Waals surface area contributed by atoms with Crippen LogP contribution < -0.4 is 5.32 Å². The topological polar surface area (TPSA) is 51.2 Å². The van der Waals surface area contributed by atoms with Crippen molar-refractivity contribution in [2.45, 2.75) is 13.5 Å². The van der Waals surface area contributed by atoms with E-state index >= 15 is 0 Å². The molecule has 2 rings (SSSR count). The van der Waals surface area contributed by atoms with Gasteiger partial charge in [0.2, 0.25) is 0 Å². The number of carbonyl (C=O) groups excluding carboxylic acids is 1. The van der Waals surface area contributed by atoms with Crippen LogP contribution in [0.1, 0.15) is 22.2 Å². The molecule has 0 saturated heterocycles. The summed E-state index contributed by atoms with van der Waals surface area (Å²) in [5.74, 6) is -1.27. The van der Waals surface area contributed by atoms with Crippen LogP contribution in [0.25, 0.3) is 0 Å². The largest absolute Gasteiger partial charge is 0.462 e. The van der Waals surface area contributed by atoms with E-state index in [-0.39, 0.29) is 12.2 Å². The Morgan fingerprint density at radius 3 is 3.00 bits per heavy atom. The SMILES string of the molecule is CCOC(=O)c1cc(NCc2cnc(Cl)s2)ccc1F. The van der Waals surface area contributed by atoms with Gasteiger partial charge in [-0.15, -0.1) is 11.3 Å². The second-order valence-corrected chi connectivity index (χ2v) is 5.55. The molecule has 1 heterocycles. The molecular formula is C13H12ClFN2O2S. The number of esters is 1. The van der Waals surface area contributed by atoms with E-state index in [0.29, 0.717) is 16.7 Å². The molecule has 0 aliphatic carbocycles. The van der Waals surface area contributed by atoms with Crippen LogP contribution in [0.2, 0.25) is 4.47 Å². The molecule has 0 unspecified atom stereocenters. The van der Waals surface area contributed by atoms with Crippen LogP contribution in [0.15, 0.2) is 24.4 Å².